The monoisotopic (exact) mass is 290 g/mol. The van der Waals surface area contributed by atoms with E-state index in [1.807, 2.05) is 13.8 Å². The molecular formula is C21H38. The summed E-state index contributed by atoms with van der Waals surface area (Å²) >= 11 is 0. The Balaban J connectivity index is 0.00000191. The van der Waals surface area contributed by atoms with Crippen molar-refractivity contribution in [2.24, 2.45) is 5.41 Å². The second kappa shape index (κ2) is 6.99. The summed E-state index contributed by atoms with van der Waals surface area (Å²) in [6.45, 7) is 24.9. The van der Waals surface area contributed by atoms with Crippen LogP contribution in [0.25, 0.3) is 0 Å². The summed E-state index contributed by atoms with van der Waals surface area (Å²) in [6.07, 6.45) is 1.15. The lowest BCUT2D eigenvalue weighted by Crippen LogP contribution is -2.24. The SMILES string of the molecule is CC.CC(C)(C)Cc1c(C(C)(C)C)cccc1C(C)(C)C. The summed E-state index contributed by atoms with van der Waals surface area (Å²) in [5, 5.41) is 0. The van der Waals surface area contributed by atoms with Gasteiger partial charge in [-0.05, 0) is 39.4 Å². The highest BCUT2D eigenvalue weighted by Gasteiger charge is 2.27. The van der Waals surface area contributed by atoms with Gasteiger partial charge in [-0.15, -0.1) is 0 Å². The van der Waals surface area contributed by atoms with E-state index in [1.165, 1.54) is 11.1 Å². The molecule has 1 aromatic rings. The summed E-state index contributed by atoms with van der Waals surface area (Å²) in [5.41, 5.74) is 5.32. The zero-order valence-electron chi connectivity index (χ0n) is 16.4. The van der Waals surface area contributed by atoms with Crippen molar-refractivity contribution in [2.45, 2.75) is 93.4 Å². The Morgan fingerprint density at radius 3 is 1.24 bits per heavy atom. The fraction of sp³-hybridized carbons (Fsp3) is 0.714. The van der Waals surface area contributed by atoms with E-state index in [1.54, 1.807) is 5.56 Å². The minimum Gasteiger partial charge on any atom is -0.0683 e. The van der Waals surface area contributed by atoms with Crippen molar-refractivity contribution < 1.29 is 0 Å². The molecule has 0 spiro atoms. The number of benzene rings is 1. The standard InChI is InChI=1S/C19H32.C2H6/c1-17(2,3)13-14-15(18(4,5)6)11-10-12-16(14)19(7,8)9;1-2/h10-12H,13H2,1-9H3;1-2H3. The summed E-state index contributed by atoms with van der Waals surface area (Å²) in [4.78, 5) is 0. The summed E-state index contributed by atoms with van der Waals surface area (Å²) in [6, 6.07) is 6.86. The predicted octanol–water partition coefficient (Wildman–Crippen LogP) is 6.90. The molecule has 0 saturated carbocycles. The lowest BCUT2D eigenvalue weighted by atomic mass is 9.72. The molecule has 0 saturated heterocycles. The zero-order chi connectivity index (χ0) is 17.1. The molecular weight excluding hydrogens is 252 g/mol. The first kappa shape index (κ1) is 20.2. The summed E-state index contributed by atoms with van der Waals surface area (Å²) < 4.78 is 0. The van der Waals surface area contributed by atoms with Crippen molar-refractivity contribution in [3.63, 3.8) is 0 Å². The van der Waals surface area contributed by atoms with Gasteiger partial charge in [0.05, 0.1) is 0 Å². The third kappa shape index (κ3) is 6.24. The van der Waals surface area contributed by atoms with E-state index in [4.69, 9.17) is 0 Å². The first-order valence-corrected chi connectivity index (χ1v) is 8.45. The minimum atomic E-state index is 0.210. The Morgan fingerprint density at radius 2 is 1.00 bits per heavy atom. The molecule has 0 atom stereocenters. The molecule has 122 valence electrons. The fourth-order valence-corrected chi connectivity index (χ4v) is 2.71. The van der Waals surface area contributed by atoms with Crippen LogP contribution in [0.15, 0.2) is 18.2 Å². The maximum absolute atomic E-state index is 2.33. The molecule has 0 aliphatic carbocycles. The second-order valence-electron chi connectivity index (χ2n) is 9.07. The van der Waals surface area contributed by atoms with Gasteiger partial charge in [0.1, 0.15) is 0 Å². The van der Waals surface area contributed by atoms with E-state index < -0.39 is 0 Å². The highest BCUT2D eigenvalue weighted by molar-refractivity contribution is 5.43. The molecule has 21 heavy (non-hydrogen) atoms. The molecule has 0 aliphatic rings. The van der Waals surface area contributed by atoms with Crippen LogP contribution in [0.5, 0.6) is 0 Å². The maximum Gasteiger partial charge on any atom is -0.0129 e. The summed E-state index contributed by atoms with van der Waals surface area (Å²) in [5.74, 6) is 0. The van der Waals surface area contributed by atoms with Gasteiger partial charge in [-0.1, -0.05) is 94.4 Å². The Labute approximate surface area is 134 Å². The van der Waals surface area contributed by atoms with Crippen molar-refractivity contribution in [3.05, 3.63) is 34.9 Å². The van der Waals surface area contributed by atoms with Gasteiger partial charge < -0.3 is 0 Å². The van der Waals surface area contributed by atoms with Gasteiger partial charge in [0.15, 0.2) is 0 Å². The van der Waals surface area contributed by atoms with Crippen LogP contribution in [0.2, 0.25) is 0 Å². The van der Waals surface area contributed by atoms with Crippen molar-refractivity contribution in [3.8, 4) is 0 Å². The molecule has 0 nitrogen and oxygen atoms in total. The Bertz CT molecular complexity index is 398. The normalized spacial score (nSPS) is 12.7. The largest absolute Gasteiger partial charge is 0.0683 e. The highest BCUT2D eigenvalue weighted by atomic mass is 14.3. The predicted molar refractivity (Wildman–Crippen MR) is 98.3 cm³/mol. The summed E-state index contributed by atoms with van der Waals surface area (Å²) in [7, 11) is 0. The fourth-order valence-electron chi connectivity index (χ4n) is 2.71. The third-order valence-corrected chi connectivity index (χ3v) is 3.50. The molecule has 0 bridgehead atoms. The molecule has 0 N–H and O–H groups in total. The Hall–Kier alpha value is -0.780. The van der Waals surface area contributed by atoms with Crippen LogP contribution < -0.4 is 0 Å². The van der Waals surface area contributed by atoms with E-state index in [-0.39, 0.29) is 10.8 Å². The van der Waals surface area contributed by atoms with E-state index in [0.29, 0.717) is 5.41 Å². The van der Waals surface area contributed by atoms with Crippen LogP contribution in [0.4, 0.5) is 0 Å². The average Bonchev–Trinajstić information content (AvgIpc) is 2.26. The van der Waals surface area contributed by atoms with Crippen molar-refractivity contribution >= 4 is 0 Å². The lowest BCUT2D eigenvalue weighted by Gasteiger charge is -2.33. The number of rotatable bonds is 1. The quantitative estimate of drug-likeness (QED) is 0.528. The molecule has 0 radical (unpaired) electrons. The van der Waals surface area contributed by atoms with Crippen LogP contribution in [0, 0.1) is 5.41 Å². The van der Waals surface area contributed by atoms with Crippen LogP contribution in [-0.4, -0.2) is 0 Å². The van der Waals surface area contributed by atoms with Crippen LogP contribution >= 0.6 is 0 Å². The van der Waals surface area contributed by atoms with E-state index in [9.17, 15) is 0 Å². The van der Waals surface area contributed by atoms with Gasteiger partial charge in [-0.2, -0.15) is 0 Å². The van der Waals surface area contributed by atoms with Crippen molar-refractivity contribution in [1.82, 2.24) is 0 Å². The zero-order valence-corrected chi connectivity index (χ0v) is 16.4. The molecule has 0 aromatic heterocycles. The lowest BCUT2D eigenvalue weighted by molar-refractivity contribution is 0.400. The molecule has 1 aromatic carbocycles. The molecule has 0 heteroatoms. The molecule has 0 fully saturated rings. The number of hydrogen-bond donors (Lipinski definition) is 0. The van der Waals surface area contributed by atoms with Gasteiger partial charge in [0, 0.05) is 0 Å². The maximum atomic E-state index is 2.33. The first-order chi connectivity index (χ1) is 9.32. The number of hydrogen-bond acceptors (Lipinski definition) is 0. The van der Waals surface area contributed by atoms with E-state index >= 15 is 0 Å². The smallest absolute Gasteiger partial charge is 0.0129 e. The van der Waals surface area contributed by atoms with Gasteiger partial charge in [-0.3, -0.25) is 0 Å². The van der Waals surface area contributed by atoms with Crippen LogP contribution in [0.3, 0.4) is 0 Å². The molecule has 1 rings (SSSR count). The van der Waals surface area contributed by atoms with Crippen LogP contribution in [0.1, 0.15) is 92.9 Å². The van der Waals surface area contributed by atoms with Gasteiger partial charge in [0.25, 0.3) is 0 Å². The van der Waals surface area contributed by atoms with Gasteiger partial charge >= 0.3 is 0 Å². The van der Waals surface area contributed by atoms with Gasteiger partial charge in [-0.25, -0.2) is 0 Å². The molecule has 0 aliphatic heterocycles. The Morgan fingerprint density at radius 1 is 0.667 bits per heavy atom. The van der Waals surface area contributed by atoms with Gasteiger partial charge in [0.2, 0.25) is 0 Å². The van der Waals surface area contributed by atoms with E-state index in [2.05, 4.69) is 80.5 Å². The first-order valence-electron chi connectivity index (χ1n) is 8.45. The minimum absolute atomic E-state index is 0.210. The molecule has 0 amide bonds. The second-order valence-corrected chi connectivity index (χ2v) is 9.07. The van der Waals surface area contributed by atoms with E-state index in [0.717, 1.165) is 6.42 Å². The molecule has 0 unspecified atom stereocenters. The average molecular weight is 291 g/mol. The van der Waals surface area contributed by atoms with Crippen molar-refractivity contribution in [1.29, 1.82) is 0 Å². The topological polar surface area (TPSA) is 0 Å². The van der Waals surface area contributed by atoms with Crippen molar-refractivity contribution in [2.75, 3.05) is 0 Å². The van der Waals surface area contributed by atoms with Crippen LogP contribution in [-0.2, 0) is 17.3 Å². The highest BCUT2D eigenvalue weighted by Crippen LogP contribution is 2.37. The third-order valence-electron chi connectivity index (χ3n) is 3.50. The Kier molecular flexibility index (Phi) is 6.73. The molecule has 0 heterocycles.